The van der Waals surface area contributed by atoms with Gasteiger partial charge >= 0.3 is 0 Å². The first kappa shape index (κ1) is 18.4. The molecule has 0 aromatic heterocycles. The molecule has 1 amide bonds. The van der Waals surface area contributed by atoms with Gasteiger partial charge in [-0.25, -0.2) is 21.6 Å². The lowest BCUT2D eigenvalue weighted by Crippen LogP contribution is -2.50. The van der Waals surface area contributed by atoms with Crippen molar-refractivity contribution in [1.82, 2.24) is 9.21 Å². The van der Waals surface area contributed by atoms with Crippen molar-refractivity contribution in [3.63, 3.8) is 0 Å². The molecule has 0 unspecified atom stereocenters. The van der Waals surface area contributed by atoms with Gasteiger partial charge in [0.1, 0.15) is 27.9 Å². The molecule has 1 fully saturated rings. The van der Waals surface area contributed by atoms with Crippen LogP contribution < -0.4 is 0 Å². The average molecular weight is 384 g/mol. The minimum atomic E-state index is -4.05. The lowest BCUT2D eigenvalue weighted by Gasteiger charge is -2.34. The molecule has 0 radical (unpaired) electrons. The third-order valence-electron chi connectivity index (χ3n) is 4.16. The zero-order chi connectivity index (χ0) is 18.9. The van der Waals surface area contributed by atoms with Gasteiger partial charge in [-0.15, -0.1) is 0 Å². The van der Waals surface area contributed by atoms with E-state index in [4.69, 9.17) is 0 Å². The summed E-state index contributed by atoms with van der Waals surface area (Å²) in [5.41, 5.74) is -0.669. The summed E-state index contributed by atoms with van der Waals surface area (Å²) in [6, 6.07) is 8.12. The highest BCUT2D eigenvalue weighted by atomic mass is 32.2. The van der Waals surface area contributed by atoms with Crippen molar-refractivity contribution in [3.8, 4) is 0 Å². The van der Waals surface area contributed by atoms with E-state index < -0.39 is 43.8 Å². The fraction of sp³-hybridized carbons (Fsp3) is 0.235. The summed E-state index contributed by atoms with van der Waals surface area (Å²) in [5, 5.41) is 0. The van der Waals surface area contributed by atoms with Gasteiger partial charge in [0.15, 0.2) is 0 Å². The molecule has 0 N–H and O–H groups in total. The Balaban J connectivity index is 1.75. The molecule has 3 rings (SSSR count). The molecule has 0 spiro atoms. The fourth-order valence-corrected chi connectivity index (χ4v) is 4.27. The minimum absolute atomic E-state index is 0.0553. The summed E-state index contributed by atoms with van der Waals surface area (Å²) in [7, 11) is -4.05. The quantitative estimate of drug-likeness (QED) is 0.816. The van der Waals surface area contributed by atoms with Crippen LogP contribution in [0.15, 0.2) is 47.4 Å². The van der Waals surface area contributed by atoms with Gasteiger partial charge < -0.3 is 4.90 Å². The predicted octanol–water partition coefficient (Wildman–Crippen LogP) is 2.25. The van der Waals surface area contributed by atoms with Gasteiger partial charge in [-0.05, 0) is 24.3 Å². The van der Waals surface area contributed by atoms with E-state index in [0.29, 0.717) is 0 Å². The van der Waals surface area contributed by atoms with Crippen LogP contribution in [0.4, 0.5) is 13.2 Å². The number of sulfonamides is 1. The smallest absolute Gasteiger partial charge is 0.259 e. The van der Waals surface area contributed by atoms with Gasteiger partial charge in [-0.2, -0.15) is 4.31 Å². The number of carbonyl (C=O) groups excluding carboxylic acids is 1. The molecule has 2 aromatic rings. The first-order valence-corrected chi connectivity index (χ1v) is 9.24. The molecule has 5 nitrogen and oxygen atoms in total. The number of hydrogen-bond donors (Lipinski definition) is 0. The summed E-state index contributed by atoms with van der Waals surface area (Å²) in [6.45, 7) is -0.308. The third kappa shape index (κ3) is 3.32. The summed E-state index contributed by atoms with van der Waals surface area (Å²) in [4.78, 5) is 13.1. The Morgan fingerprint density at radius 1 is 0.808 bits per heavy atom. The number of nitrogens with zero attached hydrogens (tertiary/aromatic N) is 2. The van der Waals surface area contributed by atoms with Crippen LogP contribution in [-0.2, 0) is 10.0 Å². The maximum Gasteiger partial charge on any atom is 0.259 e. The van der Waals surface area contributed by atoms with Crippen molar-refractivity contribution < 1.29 is 26.4 Å². The lowest BCUT2D eigenvalue weighted by molar-refractivity contribution is 0.0688. The second-order valence-corrected chi connectivity index (χ2v) is 7.63. The number of carbonyl (C=O) groups is 1. The summed E-state index contributed by atoms with van der Waals surface area (Å²) in [6.07, 6.45) is 0. The molecule has 1 heterocycles. The molecule has 2 aromatic carbocycles. The summed E-state index contributed by atoms with van der Waals surface area (Å²) < 4.78 is 67.4. The molecule has 26 heavy (non-hydrogen) atoms. The Kier molecular flexibility index (Phi) is 5.01. The second-order valence-electron chi connectivity index (χ2n) is 5.72. The number of benzene rings is 2. The Bertz CT molecular complexity index is 922. The van der Waals surface area contributed by atoms with Crippen LogP contribution in [0, 0.1) is 17.5 Å². The Morgan fingerprint density at radius 2 is 1.35 bits per heavy atom. The van der Waals surface area contributed by atoms with E-state index >= 15 is 0 Å². The van der Waals surface area contributed by atoms with Gasteiger partial charge in [0, 0.05) is 26.2 Å². The molecular weight excluding hydrogens is 369 g/mol. The van der Waals surface area contributed by atoms with E-state index in [-0.39, 0.29) is 26.2 Å². The Labute approximate surface area is 148 Å². The zero-order valence-electron chi connectivity index (χ0n) is 13.5. The standard InChI is InChI=1S/C17H15F3N2O3S/c18-12-4-1-2-7-15(12)26(24,25)22-10-8-21(9-11-22)17(23)16-13(19)5-3-6-14(16)20/h1-7H,8-11H2. The molecule has 0 atom stereocenters. The topological polar surface area (TPSA) is 57.7 Å². The van der Waals surface area contributed by atoms with Crippen molar-refractivity contribution in [2.24, 2.45) is 0 Å². The highest BCUT2D eigenvalue weighted by Gasteiger charge is 2.33. The number of amides is 1. The average Bonchev–Trinajstić information content (AvgIpc) is 2.62. The van der Waals surface area contributed by atoms with E-state index in [1.165, 1.54) is 17.0 Å². The van der Waals surface area contributed by atoms with Crippen LogP contribution in [0.1, 0.15) is 10.4 Å². The van der Waals surface area contributed by atoms with Gasteiger partial charge in [-0.1, -0.05) is 18.2 Å². The molecule has 9 heteroatoms. The third-order valence-corrected chi connectivity index (χ3v) is 6.09. The molecule has 1 saturated heterocycles. The fourth-order valence-electron chi connectivity index (χ4n) is 2.78. The van der Waals surface area contributed by atoms with E-state index in [0.717, 1.165) is 34.6 Å². The van der Waals surface area contributed by atoms with Gasteiger partial charge in [0.05, 0.1) is 0 Å². The highest BCUT2D eigenvalue weighted by molar-refractivity contribution is 7.89. The van der Waals surface area contributed by atoms with Crippen molar-refractivity contribution in [2.75, 3.05) is 26.2 Å². The Morgan fingerprint density at radius 3 is 1.92 bits per heavy atom. The molecule has 0 aliphatic carbocycles. The van der Waals surface area contributed by atoms with Crippen molar-refractivity contribution in [3.05, 3.63) is 65.5 Å². The lowest BCUT2D eigenvalue weighted by atomic mass is 10.1. The van der Waals surface area contributed by atoms with Crippen LogP contribution >= 0.6 is 0 Å². The summed E-state index contributed by atoms with van der Waals surface area (Å²) >= 11 is 0. The Hall–Kier alpha value is -2.39. The minimum Gasteiger partial charge on any atom is -0.336 e. The SMILES string of the molecule is O=C(c1c(F)cccc1F)N1CCN(S(=O)(=O)c2ccccc2F)CC1. The molecule has 1 aliphatic heterocycles. The largest absolute Gasteiger partial charge is 0.336 e. The van der Waals surface area contributed by atoms with Crippen molar-refractivity contribution in [1.29, 1.82) is 0 Å². The second kappa shape index (κ2) is 7.08. The zero-order valence-corrected chi connectivity index (χ0v) is 14.3. The normalized spacial score (nSPS) is 15.9. The van der Waals surface area contributed by atoms with E-state index in [1.807, 2.05) is 0 Å². The number of hydrogen-bond acceptors (Lipinski definition) is 3. The molecule has 138 valence electrons. The van der Waals surface area contributed by atoms with Gasteiger partial charge in [0.2, 0.25) is 10.0 Å². The maximum absolute atomic E-state index is 13.8. The van der Waals surface area contributed by atoms with Crippen LogP contribution in [-0.4, -0.2) is 49.7 Å². The number of rotatable bonds is 3. The van der Waals surface area contributed by atoms with Crippen LogP contribution in [0.5, 0.6) is 0 Å². The molecule has 0 saturated carbocycles. The van der Waals surface area contributed by atoms with Gasteiger partial charge in [0.25, 0.3) is 5.91 Å². The van der Waals surface area contributed by atoms with E-state index in [1.54, 1.807) is 0 Å². The monoisotopic (exact) mass is 384 g/mol. The van der Waals surface area contributed by atoms with Crippen molar-refractivity contribution >= 4 is 15.9 Å². The maximum atomic E-state index is 13.8. The summed E-state index contributed by atoms with van der Waals surface area (Å²) in [5.74, 6) is -3.66. The molecular formula is C17H15F3N2O3S. The first-order chi connectivity index (χ1) is 12.3. The molecule has 1 aliphatic rings. The number of halogens is 3. The van der Waals surface area contributed by atoms with E-state index in [2.05, 4.69) is 0 Å². The van der Waals surface area contributed by atoms with Crippen LogP contribution in [0.25, 0.3) is 0 Å². The van der Waals surface area contributed by atoms with Crippen LogP contribution in [0.2, 0.25) is 0 Å². The number of piperazine rings is 1. The first-order valence-electron chi connectivity index (χ1n) is 7.80. The molecule has 0 bridgehead atoms. The van der Waals surface area contributed by atoms with Crippen molar-refractivity contribution in [2.45, 2.75) is 4.90 Å². The predicted molar refractivity (Wildman–Crippen MR) is 87.4 cm³/mol. The van der Waals surface area contributed by atoms with E-state index in [9.17, 15) is 26.4 Å². The highest BCUT2D eigenvalue weighted by Crippen LogP contribution is 2.22. The van der Waals surface area contributed by atoms with Crippen LogP contribution in [0.3, 0.4) is 0 Å². The van der Waals surface area contributed by atoms with Gasteiger partial charge in [-0.3, -0.25) is 4.79 Å².